The number of hydrogen-bond donors (Lipinski definition) is 0. The first-order valence-electron chi connectivity index (χ1n) is 4.54. The Morgan fingerprint density at radius 2 is 1.88 bits per heavy atom. The second kappa shape index (κ2) is 5.34. The van der Waals surface area contributed by atoms with Crippen LogP contribution in [0.25, 0.3) is 6.08 Å². The van der Waals surface area contributed by atoms with Gasteiger partial charge in [0, 0.05) is 5.88 Å². The summed E-state index contributed by atoms with van der Waals surface area (Å²) in [7, 11) is 0. The zero-order valence-electron chi connectivity index (χ0n) is 8.19. The van der Waals surface area contributed by atoms with Gasteiger partial charge in [-0.15, -0.1) is 11.6 Å². The third-order valence-electron chi connectivity index (χ3n) is 1.83. The van der Waals surface area contributed by atoms with E-state index in [1.807, 2.05) is 0 Å². The molecule has 88 valence electrons. The van der Waals surface area contributed by atoms with Crippen molar-refractivity contribution in [1.29, 1.82) is 0 Å². The van der Waals surface area contributed by atoms with Crippen LogP contribution in [0.3, 0.4) is 0 Å². The number of halogens is 5. The molecule has 0 spiro atoms. The normalized spacial score (nSPS) is 12.3. The fraction of sp³-hybridized carbons (Fsp3) is 0.273. The minimum atomic E-state index is -4.53. The Labute approximate surface area is 95.5 Å². The molecule has 0 nitrogen and oxygen atoms in total. The highest BCUT2D eigenvalue weighted by Gasteiger charge is 2.31. The van der Waals surface area contributed by atoms with Gasteiger partial charge in [-0.3, -0.25) is 0 Å². The Hall–Kier alpha value is -1.03. The van der Waals surface area contributed by atoms with Crippen molar-refractivity contribution in [1.82, 2.24) is 0 Å². The minimum Gasteiger partial charge on any atom is -0.207 e. The molecule has 0 fully saturated rings. The van der Waals surface area contributed by atoms with Crippen LogP contribution < -0.4 is 0 Å². The lowest BCUT2D eigenvalue weighted by atomic mass is 10.1. The van der Waals surface area contributed by atoms with Gasteiger partial charge in [0.15, 0.2) is 0 Å². The Balaban J connectivity index is 2.99. The molecule has 0 unspecified atom stereocenters. The summed E-state index contributed by atoms with van der Waals surface area (Å²) >= 11 is 5.40. The smallest absolute Gasteiger partial charge is 0.207 e. The van der Waals surface area contributed by atoms with Crippen molar-refractivity contribution in [3.8, 4) is 0 Å². The van der Waals surface area contributed by atoms with Gasteiger partial charge >= 0.3 is 6.18 Å². The first kappa shape index (κ1) is 13.0. The van der Waals surface area contributed by atoms with Crippen molar-refractivity contribution < 1.29 is 17.6 Å². The van der Waals surface area contributed by atoms with E-state index in [1.54, 1.807) is 6.08 Å². The summed E-state index contributed by atoms with van der Waals surface area (Å²) in [6, 6.07) is 2.41. The second-order valence-corrected chi connectivity index (χ2v) is 3.53. The molecule has 1 aromatic carbocycles. The summed E-state index contributed by atoms with van der Waals surface area (Å²) in [5.41, 5.74) is -0.810. The van der Waals surface area contributed by atoms with Crippen molar-refractivity contribution in [2.75, 3.05) is 5.88 Å². The van der Waals surface area contributed by atoms with Crippen molar-refractivity contribution >= 4 is 17.7 Å². The maximum atomic E-state index is 12.9. The average molecular weight is 253 g/mol. The molecule has 0 atom stereocenters. The van der Waals surface area contributed by atoms with E-state index >= 15 is 0 Å². The summed E-state index contributed by atoms with van der Waals surface area (Å²) in [5, 5.41) is 0. The Bertz CT molecular complexity index is 382. The molecule has 0 aliphatic rings. The predicted molar refractivity (Wildman–Crippen MR) is 55.8 cm³/mol. The fourth-order valence-corrected chi connectivity index (χ4v) is 1.28. The van der Waals surface area contributed by atoms with Crippen LogP contribution in [0, 0.1) is 5.82 Å². The Morgan fingerprint density at radius 3 is 2.44 bits per heavy atom. The molecule has 0 amide bonds. The predicted octanol–water partition coefficient (Wildman–Crippen LogP) is 4.49. The summed E-state index contributed by atoms with van der Waals surface area (Å²) in [4.78, 5) is 0. The lowest BCUT2D eigenvalue weighted by molar-refractivity contribution is -0.137. The lowest BCUT2D eigenvalue weighted by Gasteiger charge is -2.07. The largest absolute Gasteiger partial charge is 0.416 e. The standard InChI is InChI=1S/C11H9ClF4/c12-4-2-1-3-8-5-9(11(14,15)16)7-10(13)6-8/h1,3,5-7H,2,4H2. The number of rotatable bonds is 3. The quantitative estimate of drug-likeness (QED) is 0.549. The third kappa shape index (κ3) is 3.85. The molecule has 0 N–H and O–H groups in total. The van der Waals surface area contributed by atoms with Crippen LogP contribution in [0.4, 0.5) is 17.6 Å². The van der Waals surface area contributed by atoms with Crippen molar-refractivity contribution in [3.63, 3.8) is 0 Å². The van der Waals surface area contributed by atoms with Crippen LogP contribution in [0.2, 0.25) is 0 Å². The third-order valence-corrected chi connectivity index (χ3v) is 2.05. The van der Waals surface area contributed by atoms with E-state index in [1.165, 1.54) is 6.08 Å². The van der Waals surface area contributed by atoms with Gasteiger partial charge in [-0.05, 0) is 30.2 Å². The van der Waals surface area contributed by atoms with Gasteiger partial charge in [-0.2, -0.15) is 13.2 Å². The van der Waals surface area contributed by atoms with Gasteiger partial charge in [0.1, 0.15) is 5.82 Å². The average Bonchev–Trinajstić information content (AvgIpc) is 2.16. The topological polar surface area (TPSA) is 0 Å². The minimum absolute atomic E-state index is 0.178. The van der Waals surface area contributed by atoms with Crippen molar-refractivity contribution in [2.45, 2.75) is 12.6 Å². The first-order chi connectivity index (χ1) is 7.43. The van der Waals surface area contributed by atoms with Crippen LogP contribution in [0.1, 0.15) is 17.5 Å². The highest BCUT2D eigenvalue weighted by molar-refractivity contribution is 6.17. The molecule has 0 bridgehead atoms. The van der Waals surface area contributed by atoms with Gasteiger partial charge in [0.25, 0.3) is 0 Å². The molecule has 1 rings (SSSR count). The van der Waals surface area contributed by atoms with Crippen LogP contribution in [-0.2, 0) is 6.18 Å². The zero-order valence-corrected chi connectivity index (χ0v) is 8.95. The molecule has 16 heavy (non-hydrogen) atoms. The van der Waals surface area contributed by atoms with Crippen molar-refractivity contribution in [2.24, 2.45) is 0 Å². The van der Waals surface area contributed by atoms with Gasteiger partial charge in [-0.25, -0.2) is 4.39 Å². The molecule has 0 aliphatic carbocycles. The summed E-state index contributed by atoms with van der Waals surface area (Å²) in [6.07, 6.45) is -0.987. The molecule has 0 aromatic heterocycles. The summed E-state index contributed by atoms with van der Waals surface area (Å²) in [5.74, 6) is -0.529. The van der Waals surface area contributed by atoms with E-state index in [-0.39, 0.29) is 5.56 Å². The first-order valence-corrected chi connectivity index (χ1v) is 5.07. The molecule has 0 radical (unpaired) electrons. The van der Waals surface area contributed by atoms with E-state index in [4.69, 9.17) is 11.6 Å². The highest BCUT2D eigenvalue weighted by atomic mass is 35.5. The Kier molecular flexibility index (Phi) is 4.35. The van der Waals surface area contributed by atoms with E-state index < -0.39 is 17.6 Å². The Morgan fingerprint density at radius 1 is 1.19 bits per heavy atom. The number of allylic oxidation sites excluding steroid dienone is 1. The van der Waals surface area contributed by atoms with Crippen LogP contribution in [0.15, 0.2) is 24.3 Å². The van der Waals surface area contributed by atoms with Crippen molar-refractivity contribution in [3.05, 3.63) is 41.2 Å². The molecular weight excluding hydrogens is 244 g/mol. The van der Waals surface area contributed by atoms with Crippen LogP contribution in [-0.4, -0.2) is 5.88 Å². The molecular formula is C11H9ClF4. The molecule has 0 saturated carbocycles. The molecule has 5 heteroatoms. The fourth-order valence-electron chi connectivity index (χ4n) is 1.15. The van der Waals surface area contributed by atoms with Gasteiger partial charge in [-0.1, -0.05) is 12.2 Å². The number of benzene rings is 1. The molecule has 1 aromatic rings. The van der Waals surface area contributed by atoms with E-state index in [0.29, 0.717) is 18.4 Å². The monoisotopic (exact) mass is 252 g/mol. The second-order valence-electron chi connectivity index (χ2n) is 3.15. The van der Waals surface area contributed by atoms with E-state index in [9.17, 15) is 17.6 Å². The van der Waals surface area contributed by atoms with Gasteiger partial charge < -0.3 is 0 Å². The lowest BCUT2D eigenvalue weighted by Crippen LogP contribution is -2.05. The highest BCUT2D eigenvalue weighted by Crippen LogP contribution is 2.30. The van der Waals surface area contributed by atoms with Gasteiger partial charge in [0.2, 0.25) is 0 Å². The summed E-state index contributed by atoms with van der Waals surface area (Å²) < 4.78 is 49.9. The zero-order chi connectivity index (χ0) is 12.2. The SMILES string of the molecule is Fc1cc(C=CCCCl)cc(C(F)(F)F)c1. The van der Waals surface area contributed by atoms with Crippen LogP contribution in [0.5, 0.6) is 0 Å². The maximum absolute atomic E-state index is 12.9. The number of hydrogen-bond acceptors (Lipinski definition) is 0. The maximum Gasteiger partial charge on any atom is 0.416 e. The molecule has 0 heterocycles. The molecule has 0 saturated heterocycles. The van der Waals surface area contributed by atoms with Crippen LogP contribution >= 0.6 is 11.6 Å². The van der Waals surface area contributed by atoms with Gasteiger partial charge in [0.05, 0.1) is 5.56 Å². The number of alkyl halides is 4. The van der Waals surface area contributed by atoms with E-state index in [2.05, 4.69) is 0 Å². The van der Waals surface area contributed by atoms with E-state index in [0.717, 1.165) is 12.1 Å². The summed E-state index contributed by atoms with van der Waals surface area (Å²) in [6.45, 7) is 0. The molecule has 0 aliphatic heterocycles.